The van der Waals surface area contributed by atoms with Crippen molar-refractivity contribution < 1.29 is 5.11 Å². The van der Waals surface area contributed by atoms with E-state index in [0.717, 1.165) is 18.1 Å². The summed E-state index contributed by atoms with van der Waals surface area (Å²) in [5.41, 5.74) is 2.40. The molecule has 3 nitrogen and oxygen atoms in total. The molecular formula is C13H16N2O. The van der Waals surface area contributed by atoms with Crippen molar-refractivity contribution in [2.75, 3.05) is 0 Å². The summed E-state index contributed by atoms with van der Waals surface area (Å²) < 4.78 is 2.07. The van der Waals surface area contributed by atoms with Gasteiger partial charge < -0.3 is 15.0 Å². The van der Waals surface area contributed by atoms with Crippen molar-refractivity contribution in [2.45, 2.75) is 25.4 Å². The fourth-order valence-electron chi connectivity index (χ4n) is 2.14. The lowest BCUT2D eigenvalue weighted by Crippen LogP contribution is -2.14. The van der Waals surface area contributed by atoms with Gasteiger partial charge >= 0.3 is 0 Å². The monoisotopic (exact) mass is 216 g/mol. The first-order valence-corrected chi connectivity index (χ1v) is 5.74. The fourth-order valence-corrected chi connectivity index (χ4v) is 2.14. The Hall–Kier alpha value is -1.48. The molecule has 84 valence electrons. The third-order valence-electron chi connectivity index (χ3n) is 3.22. The molecule has 1 fully saturated rings. The number of hydrogen-bond donors (Lipinski definition) is 2. The second-order valence-corrected chi connectivity index (χ2v) is 4.62. The summed E-state index contributed by atoms with van der Waals surface area (Å²) in [5, 5.41) is 14.2. The highest BCUT2D eigenvalue weighted by Gasteiger charge is 2.20. The van der Waals surface area contributed by atoms with Gasteiger partial charge in [-0.2, -0.15) is 0 Å². The van der Waals surface area contributed by atoms with E-state index in [1.165, 1.54) is 23.8 Å². The Bertz CT molecular complexity index is 526. The maximum atomic E-state index is 9.46. The predicted octanol–water partition coefficient (Wildman–Crippen LogP) is 2.14. The van der Waals surface area contributed by atoms with Gasteiger partial charge in [0, 0.05) is 37.3 Å². The summed E-state index contributed by atoms with van der Waals surface area (Å²) in [7, 11) is 2.02. The molecule has 0 atom stereocenters. The number of nitrogens with one attached hydrogen (secondary N) is 1. The first-order chi connectivity index (χ1) is 7.74. The first-order valence-electron chi connectivity index (χ1n) is 5.74. The van der Waals surface area contributed by atoms with E-state index in [0.29, 0.717) is 5.75 Å². The Balaban J connectivity index is 1.97. The first kappa shape index (κ1) is 9.73. The Morgan fingerprint density at radius 3 is 3.00 bits per heavy atom. The number of rotatable bonds is 3. The molecule has 3 heteroatoms. The number of phenols is 1. The van der Waals surface area contributed by atoms with Crippen molar-refractivity contribution in [3.05, 3.63) is 30.0 Å². The van der Waals surface area contributed by atoms with Crippen LogP contribution in [0.2, 0.25) is 0 Å². The summed E-state index contributed by atoms with van der Waals surface area (Å²) >= 11 is 0. The van der Waals surface area contributed by atoms with Crippen LogP contribution in [-0.4, -0.2) is 15.7 Å². The Labute approximate surface area is 94.7 Å². The molecule has 1 aliphatic rings. The zero-order valence-electron chi connectivity index (χ0n) is 9.40. The van der Waals surface area contributed by atoms with E-state index in [9.17, 15) is 5.11 Å². The van der Waals surface area contributed by atoms with Crippen LogP contribution in [0.15, 0.2) is 24.4 Å². The minimum atomic E-state index is 0.329. The van der Waals surface area contributed by atoms with E-state index >= 15 is 0 Å². The molecule has 1 aromatic carbocycles. The molecule has 1 aromatic heterocycles. The molecule has 16 heavy (non-hydrogen) atoms. The largest absolute Gasteiger partial charge is 0.508 e. The average Bonchev–Trinajstić information content (AvgIpc) is 3.03. The van der Waals surface area contributed by atoms with Gasteiger partial charge in [0.15, 0.2) is 0 Å². The number of fused-ring (bicyclic) bond motifs is 1. The molecule has 0 radical (unpaired) electrons. The maximum absolute atomic E-state index is 9.46. The standard InChI is InChI=1S/C13H16N2O/c1-15-8-9(7-14-10-2-3-10)12-5-4-11(16)6-13(12)15/h4-6,8,10,14,16H,2-3,7H2,1H3. The van der Waals surface area contributed by atoms with Crippen molar-refractivity contribution in [1.82, 2.24) is 9.88 Å². The van der Waals surface area contributed by atoms with Gasteiger partial charge in [-0.3, -0.25) is 0 Å². The van der Waals surface area contributed by atoms with Gasteiger partial charge in [-0.05, 0) is 30.5 Å². The molecule has 0 unspecified atom stereocenters. The molecule has 2 N–H and O–H groups in total. The quantitative estimate of drug-likeness (QED) is 0.824. The van der Waals surface area contributed by atoms with Crippen molar-refractivity contribution >= 4 is 10.9 Å². The van der Waals surface area contributed by atoms with Crippen LogP contribution in [-0.2, 0) is 13.6 Å². The Morgan fingerprint density at radius 1 is 1.44 bits per heavy atom. The van der Waals surface area contributed by atoms with E-state index in [-0.39, 0.29) is 0 Å². The maximum Gasteiger partial charge on any atom is 0.117 e. The third-order valence-corrected chi connectivity index (χ3v) is 3.22. The summed E-state index contributed by atoms with van der Waals surface area (Å²) in [6, 6.07) is 6.29. The lowest BCUT2D eigenvalue weighted by atomic mass is 10.1. The van der Waals surface area contributed by atoms with Gasteiger partial charge in [-0.25, -0.2) is 0 Å². The van der Waals surface area contributed by atoms with Crippen molar-refractivity contribution in [1.29, 1.82) is 0 Å². The molecule has 0 bridgehead atoms. The van der Waals surface area contributed by atoms with Crippen LogP contribution < -0.4 is 5.32 Å². The molecule has 0 amide bonds. The lowest BCUT2D eigenvalue weighted by molar-refractivity contribution is 0.476. The van der Waals surface area contributed by atoms with Crippen LogP contribution >= 0.6 is 0 Å². The summed E-state index contributed by atoms with van der Waals surface area (Å²) in [6.07, 6.45) is 4.76. The van der Waals surface area contributed by atoms with Crippen LogP contribution in [0.3, 0.4) is 0 Å². The normalized spacial score (nSPS) is 15.8. The molecule has 0 spiro atoms. The van der Waals surface area contributed by atoms with Gasteiger partial charge in [0.2, 0.25) is 0 Å². The summed E-state index contributed by atoms with van der Waals surface area (Å²) in [4.78, 5) is 0. The highest BCUT2D eigenvalue weighted by Crippen LogP contribution is 2.26. The molecule has 3 rings (SSSR count). The van der Waals surface area contributed by atoms with Crippen molar-refractivity contribution in [3.8, 4) is 5.75 Å². The number of hydrogen-bond acceptors (Lipinski definition) is 2. The number of phenolic OH excluding ortho intramolecular Hbond substituents is 1. The number of aryl methyl sites for hydroxylation is 1. The molecule has 0 saturated heterocycles. The molecule has 1 heterocycles. The highest BCUT2D eigenvalue weighted by molar-refractivity contribution is 5.85. The molecule has 1 aliphatic carbocycles. The van der Waals surface area contributed by atoms with Gasteiger partial charge in [-0.15, -0.1) is 0 Å². The fraction of sp³-hybridized carbons (Fsp3) is 0.385. The molecule has 0 aliphatic heterocycles. The molecule has 2 aromatic rings. The van der Waals surface area contributed by atoms with Gasteiger partial charge in [0.05, 0.1) is 5.52 Å². The summed E-state index contributed by atoms with van der Waals surface area (Å²) in [6.45, 7) is 0.923. The third kappa shape index (κ3) is 1.67. The average molecular weight is 216 g/mol. The van der Waals surface area contributed by atoms with E-state index in [1.54, 1.807) is 6.07 Å². The zero-order chi connectivity index (χ0) is 11.1. The van der Waals surface area contributed by atoms with Gasteiger partial charge in [0.25, 0.3) is 0 Å². The van der Waals surface area contributed by atoms with Crippen LogP contribution in [0, 0.1) is 0 Å². The lowest BCUT2D eigenvalue weighted by Gasteiger charge is -2.00. The van der Waals surface area contributed by atoms with Crippen LogP contribution in [0.25, 0.3) is 10.9 Å². The Kier molecular flexibility index (Phi) is 2.14. The predicted molar refractivity (Wildman–Crippen MR) is 64.4 cm³/mol. The van der Waals surface area contributed by atoms with E-state index in [4.69, 9.17) is 0 Å². The molecular weight excluding hydrogens is 200 g/mol. The number of aromatic hydroxyl groups is 1. The minimum absolute atomic E-state index is 0.329. The molecule has 1 saturated carbocycles. The zero-order valence-corrected chi connectivity index (χ0v) is 9.40. The summed E-state index contributed by atoms with van der Waals surface area (Å²) in [5.74, 6) is 0.329. The number of benzene rings is 1. The van der Waals surface area contributed by atoms with Gasteiger partial charge in [-0.1, -0.05) is 0 Å². The topological polar surface area (TPSA) is 37.2 Å². The van der Waals surface area contributed by atoms with Crippen molar-refractivity contribution in [2.24, 2.45) is 7.05 Å². The second kappa shape index (κ2) is 3.52. The number of nitrogens with zero attached hydrogens (tertiary/aromatic N) is 1. The number of aromatic nitrogens is 1. The SMILES string of the molecule is Cn1cc(CNC2CC2)c2ccc(O)cc21. The smallest absolute Gasteiger partial charge is 0.117 e. The van der Waals surface area contributed by atoms with E-state index < -0.39 is 0 Å². The van der Waals surface area contributed by atoms with Gasteiger partial charge in [0.1, 0.15) is 5.75 Å². The minimum Gasteiger partial charge on any atom is -0.508 e. The van der Waals surface area contributed by atoms with Crippen LogP contribution in [0.5, 0.6) is 5.75 Å². The van der Waals surface area contributed by atoms with Crippen LogP contribution in [0.4, 0.5) is 0 Å². The van der Waals surface area contributed by atoms with Crippen molar-refractivity contribution in [3.63, 3.8) is 0 Å². The van der Waals surface area contributed by atoms with E-state index in [1.807, 2.05) is 19.2 Å². The Morgan fingerprint density at radius 2 is 2.25 bits per heavy atom. The van der Waals surface area contributed by atoms with Crippen LogP contribution in [0.1, 0.15) is 18.4 Å². The second-order valence-electron chi connectivity index (χ2n) is 4.62. The van der Waals surface area contributed by atoms with E-state index in [2.05, 4.69) is 16.1 Å². The highest BCUT2D eigenvalue weighted by atomic mass is 16.3.